The molecule has 0 fully saturated rings. The first-order valence-corrected chi connectivity index (χ1v) is 4.96. The molecule has 86 valence electrons. The molecule has 0 N–H and O–H groups in total. The lowest BCUT2D eigenvalue weighted by molar-refractivity contribution is 0.401. The van der Waals surface area contributed by atoms with Crippen molar-refractivity contribution in [1.82, 2.24) is 0 Å². The van der Waals surface area contributed by atoms with Crippen LogP contribution in [-0.2, 0) is 0 Å². The molecule has 0 saturated heterocycles. The number of benzene rings is 1. The van der Waals surface area contributed by atoms with Gasteiger partial charge >= 0.3 is 0 Å². The highest BCUT2D eigenvalue weighted by Crippen LogP contribution is 2.27. The van der Waals surface area contributed by atoms with Crippen molar-refractivity contribution in [3.63, 3.8) is 0 Å². The van der Waals surface area contributed by atoms with E-state index in [0.29, 0.717) is 22.6 Å². The molecule has 0 aliphatic heterocycles. The maximum Gasteiger partial charge on any atom is 0.136 e. The van der Waals surface area contributed by atoms with Crippen LogP contribution in [0.3, 0.4) is 0 Å². The molecular weight excluding hydrogens is 224 g/mol. The van der Waals surface area contributed by atoms with E-state index in [2.05, 4.69) is 35.5 Å². The normalized spacial score (nSPS) is 7.56. The van der Waals surface area contributed by atoms with Crippen molar-refractivity contribution in [2.24, 2.45) is 0 Å². The summed E-state index contributed by atoms with van der Waals surface area (Å²) >= 11 is 0. The minimum Gasteiger partial charge on any atom is -0.495 e. The molecule has 0 unspecified atom stereocenters. The first-order chi connectivity index (χ1) is 8.76. The van der Waals surface area contributed by atoms with Crippen LogP contribution in [0.1, 0.15) is 11.1 Å². The van der Waals surface area contributed by atoms with Crippen molar-refractivity contribution in [2.45, 2.75) is 0 Å². The quantitative estimate of drug-likeness (QED) is 0.725. The summed E-state index contributed by atoms with van der Waals surface area (Å²) in [5.41, 5.74) is 1.28. The van der Waals surface area contributed by atoms with E-state index >= 15 is 0 Å². The molecule has 0 spiro atoms. The lowest BCUT2D eigenvalue weighted by Crippen LogP contribution is -1.94. The molecule has 1 aromatic carbocycles. The van der Waals surface area contributed by atoms with Crippen molar-refractivity contribution in [3.8, 4) is 59.9 Å². The molecular formula is C16H10O2. The average Bonchev–Trinajstić information content (AvgIpc) is 2.42. The van der Waals surface area contributed by atoms with Gasteiger partial charge in [0.2, 0.25) is 0 Å². The molecule has 0 radical (unpaired) electrons. The minimum atomic E-state index is 0.569. The SMILES string of the molecule is C#CC#Cc1cc(OC)c(C#CC#C)cc1OC. The average molecular weight is 234 g/mol. The van der Waals surface area contributed by atoms with Crippen LogP contribution < -0.4 is 9.47 Å². The summed E-state index contributed by atoms with van der Waals surface area (Å²) in [5, 5.41) is 0. The van der Waals surface area contributed by atoms with Crippen molar-refractivity contribution in [2.75, 3.05) is 14.2 Å². The third kappa shape index (κ3) is 3.02. The van der Waals surface area contributed by atoms with Gasteiger partial charge in [0.25, 0.3) is 0 Å². The molecule has 0 saturated carbocycles. The number of methoxy groups -OCH3 is 2. The van der Waals surface area contributed by atoms with Crippen LogP contribution >= 0.6 is 0 Å². The van der Waals surface area contributed by atoms with Gasteiger partial charge in [-0.15, -0.1) is 12.8 Å². The topological polar surface area (TPSA) is 18.5 Å². The second kappa shape index (κ2) is 6.60. The maximum absolute atomic E-state index is 5.22. The molecule has 2 nitrogen and oxygen atoms in total. The predicted octanol–water partition coefficient (Wildman–Crippen LogP) is 1.67. The Hall–Kier alpha value is -2.94. The third-order valence-corrected chi connectivity index (χ3v) is 2.06. The van der Waals surface area contributed by atoms with E-state index in [-0.39, 0.29) is 0 Å². The highest BCUT2D eigenvalue weighted by molar-refractivity contribution is 5.59. The summed E-state index contributed by atoms with van der Waals surface area (Å²) in [6.45, 7) is 0. The van der Waals surface area contributed by atoms with E-state index in [4.69, 9.17) is 22.3 Å². The lowest BCUT2D eigenvalue weighted by Gasteiger charge is -2.08. The molecule has 18 heavy (non-hydrogen) atoms. The molecule has 1 rings (SSSR count). The van der Waals surface area contributed by atoms with E-state index in [1.807, 2.05) is 0 Å². The Morgan fingerprint density at radius 2 is 1.22 bits per heavy atom. The Morgan fingerprint density at radius 1 is 0.833 bits per heavy atom. The lowest BCUT2D eigenvalue weighted by atomic mass is 10.1. The molecule has 0 aromatic heterocycles. The van der Waals surface area contributed by atoms with Crippen LogP contribution in [0.4, 0.5) is 0 Å². The first kappa shape index (κ1) is 13.1. The zero-order valence-electron chi connectivity index (χ0n) is 10.1. The molecule has 1 aromatic rings. The Labute approximate surface area is 107 Å². The van der Waals surface area contributed by atoms with Crippen molar-refractivity contribution >= 4 is 0 Å². The van der Waals surface area contributed by atoms with Gasteiger partial charge in [0.1, 0.15) is 11.5 Å². The van der Waals surface area contributed by atoms with E-state index in [9.17, 15) is 0 Å². The summed E-state index contributed by atoms with van der Waals surface area (Å²) in [7, 11) is 3.09. The number of hydrogen-bond donors (Lipinski definition) is 0. The number of hydrogen-bond acceptors (Lipinski definition) is 2. The zero-order valence-corrected chi connectivity index (χ0v) is 10.1. The summed E-state index contributed by atoms with van der Waals surface area (Å²) in [5.74, 6) is 16.3. The molecule has 0 aliphatic carbocycles. The monoisotopic (exact) mass is 234 g/mol. The number of ether oxygens (including phenoxy) is 2. The van der Waals surface area contributed by atoms with Crippen LogP contribution in [0.25, 0.3) is 0 Å². The molecule has 0 heterocycles. The predicted molar refractivity (Wildman–Crippen MR) is 71.0 cm³/mol. The van der Waals surface area contributed by atoms with Crippen LogP contribution in [0.15, 0.2) is 12.1 Å². The fraction of sp³-hybridized carbons (Fsp3) is 0.125. The zero-order chi connectivity index (χ0) is 13.4. The fourth-order valence-corrected chi connectivity index (χ4v) is 1.30. The van der Waals surface area contributed by atoms with Crippen LogP contribution in [0, 0.1) is 48.4 Å². The largest absolute Gasteiger partial charge is 0.495 e. The third-order valence-electron chi connectivity index (χ3n) is 2.06. The molecule has 0 bridgehead atoms. The van der Waals surface area contributed by atoms with Crippen LogP contribution in [0.5, 0.6) is 11.5 Å². The van der Waals surface area contributed by atoms with Gasteiger partial charge in [-0.05, 0) is 35.5 Å². The Bertz CT molecular complexity index is 587. The summed E-state index contributed by atoms with van der Waals surface area (Å²) in [4.78, 5) is 0. The Balaban J connectivity index is 3.43. The van der Waals surface area contributed by atoms with Gasteiger partial charge in [0.15, 0.2) is 0 Å². The molecule has 0 aliphatic rings. The molecule has 0 atom stereocenters. The highest BCUT2D eigenvalue weighted by Gasteiger charge is 2.08. The van der Waals surface area contributed by atoms with Crippen LogP contribution in [0.2, 0.25) is 0 Å². The molecule has 2 heteroatoms. The van der Waals surface area contributed by atoms with Gasteiger partial charge in [-0.25, -0.2) is 0 Å². The van der Waals surface area contributed by atoms with Gasteiger partial charge in [-0.1, -0.05) is 0 Å². The van der Waals surface area contributed by atoms with Crippen molar-refractivity contribution in [3.05, 3.63) is 23.3 Å². The van der Waals surface area contributed by atoms with E-state index in [1.165, 1.54) is 0 Å². The standard InChI is InChI=1S/C16H10O2/c1-5-7-9-13-11-16(18-4)14(10-8-6-2)12-15(13)17-3/h1-2,11-12H,3-4H3. The Kier molecular flexibility index (Phi) is 4.81. The number of terminal acetylenes is 2. The smallest absolute Gasteiger partial charge is 0.136 e. The van der Waals surface area contributed by atoms with Gasteiger partial charge in [0, 0.05) is 12.1 Å². The van der Waals surface area contributed by atoms with Gasteiger partial charge in [0.05, 0.1) is 25.3 Å². The summed E-state index contributed by atoms with van der Waals surface area (Å²) in [6, 6.07) is 3.42. The number of rotatable bonds is 2. The maximum atomic E-state index is 5.22. The summed E-state index contributed by atoms with van der Waals surface area (Å²) < 4.78 is 10.4. The first-order valence-electron chi connectivity index (χ1n) is 4.96. The van der Waals surface area contributed by atoms with Crippen molar-refractivity contribution < 1.29 is 9.47 Å². The minimum absolute atomic E-state index is 0.569. The fourth-order valence-electron chi connectivity index (χ4n) is 1.30. The molecule has 0 amide bonds. The van der Waals surface area contributed by atoms with Crippen LogP contribution in [-0.4, -0.2) is 14.2 Å². The van der Waals surface area contributed by atoms with Gasteiger partial charge in [-0.2, -0.15) is 0 Å². The summed E-state index contributed by atoms with van der Waals surface area (Å²) in [6.07, 6.45) is 10.2. The van der Waals surface area contributed by atoms with Crippen molar-refractivity contribution in [1.29, 1.82) is 0 Å². The van der Waals surface area contributed by atoms with E-state index in [0.717, 1.165) is 0 Å². The van der Waals surface area contributed by atoms with E-state index < -0.39 is 0 Å². The van der Waals surface area contributed by atoms with Gasteiger partial charge < -0.3 is 9.47 Å². The van der Waals surface area contributed by atoms with Gasteiger partial charge in [-0.3, -0.25) is 0 Å². The second-order valence-corrected chi connectivity index (χ2v) is 3.04. The van der Waals surface area contributed by atoms with E-state index in [1.54, 1.807) is 26.4 Å². The highest BCUT2D eigenvalue weighted by atomic mass is 16.5. The second-order valence-electron chi connectivity index (χ2n) is 3.04. The Morgan fingerprint density at radius 3 is 1.50 bits per heavy atom.